The summed E-state index contributed by atoms with van der Waals surface area (Å²) in [6, 6.07) is 2.63. The number of methoxy groups -OCH3 is 1. The maximum Gasteiger partial charge on any atom is 0.341 e. The zero-order valence-electron chi connectivity index (χ0n) is 10.6. The van der Waals surface area contributed by atoms with Crippen molar-refractivity contribution in [3.8, 4) is 0 Å². The number of nitrogens with zero attached hydrogens (tertiary/aromatic N) is 1. The average Bonchev–Trinajstić information content (AvgIpc) is 2.37. The molecule has 1 heterocycles. The molecule has 1 aromatic rings. The number of carboxylic acids is 1. The number of carbonyl (C=O) groups is 2. The van der Waals surface area contributed by atoms with Gasteiger partial charge in [0.05, 0.1) is 0 Å². The lowest BCUT2D eigenvalue weighted by Crippen LogP contribution is -2.34. The molecular weight excluding hydrogens is 252 g/mol. The maximum atomic E-state index is 11.7. The fourth-order valence-corrected chi connectivity index (χ4v) is 1.48. The fourth-order valence-electron chi connectivity index (χ4n) is 1.48. The minimum absolute atomic E-state index is 0.201. The largest absolute Gasteiger partial charge is 0.477 e. The highest BCUT2D eigenvalue weighted by Gasteiger charge is 2.11. The van der Waals surface area contributed by atoms with Crippen LogP contribution in [-0.4, -0.2) is 41.8 Å². The number of carbonyl (C=O) groups excluding carboxylic acids is 1. The van der Waals surface area contributed by atoms with Crippen LogP contribution in [0.15, 0.2) is 23.1 Å². The van der Waals surface area contributed by atoms with E-state index in [1.165, 1.54) is 18.3 Å². The number of hydrogen-bond donors (Lipinski definition) is 2. The number of carboxylic acid groups (broad SMARTS) is 1. The summed E-state index contributed by atoms with van der Waals surface area (Å²) in [4.78, 5) is 34.0. The Morgan fingerprint density at radius 2 is 2.21 bits per heavy atom. The Kier molecular flexibility index (Phi) is 5.74. The van der Waals surface area contributed by atoms with E-state index in [0.29, 0.717) is 19.6 Å². The lowest BCUT2D eigenvalue weighted by molar-refractivity contribution is -0.121. The smallest absolute Gasteiger partial charge is 0.341 e. The van der Waals surface area contributed by atoms with Crippen LogP contribution in [0.4, 0.5) is 0 Å². The van der Waals surface area contributed by atoms with Gasteiger partial charge in [0.1, 0.15) is 12.1 Å². The van der Waals surface area contributed by atoms with Gasteiger partial charge in [-0.05, 0) is 18.6 Å². The van der Waals surface area contributed by atoms with Crippen LogP contribution in [0.5, 0.6) is 0 Å². The summed E-state index contributed by atoms with van der Waals surface area (Å²) < 4.78 is 5.90. The number of aromatic nitrogens is 1. The summed E-state index contributed by atoms with van der Waals surface area (Å²) in [6.45, 7) is 0.779. The van der Waals surface area contributed by atoms with Gasteiger partial charge in [0.2, 0.25) is 5.91 Å². The Morgan fingerprint density at radius 1 is 1.47 bits per heavy atom. The molecule has 7 heteroatoms. The van der Waals surface area contributed by atoms with E-state index in [2.05, 4.69) is 5.32 Å². The molecule has 1 amide bonds. The number of hydrogen-bond acceptors (Lipinski definition) is 4. The average molecular weight is 268 g/mol. The van der Waals surface area contributed by atoms with Gasteiger partial charge in [0.15, 0.2) is 0 Å². The molecule has 0 aliphatic heterocycles. The molecule has 0 spiro atoms. The molecule has 1 rings (SSSR count). The molecule has 0 saturated carbocycles. The molecule has 104 valence electrons. The van der Waals surface area contributed by atoms with Gasteiger partial charge in [-0.3, -0.25) is 9.59 Å². The molecule has 1 aromatic heterocycles. The summed E-state index contributed by atoms with van der Waals surface area (Å²) in [6.07, 6.45) is 2.05. The topological polar surface area (TPSA) is 97.6 Å². The number of rotatable bonds is 7. The second-order valence-electron chi connectivity index (χ2n) is 3.86. The Labute approximate surface area is 109 Å². The summed E-state index contributed by atoms with van der Waals surface area (Å²) in [5, 5.41) is 11.4. The van der Waals surface area contributed by atoms with E-state index in [4.69, 9.17) is 9.84 Å². The van der Waals surface area contributed by atoms with E-state index in [-0.39, 0.29) is 18.0 Å². The summed E-state index contributed by atoms with van der Waals surface area (Å²) in [5.74, 6) is -1.65. The van der Waals surface area contributed by atoms with Crippen molar-refractivity contribution in [3.05, 3.63) is 34.2 Å². The predicted molar refractivity (Wildman–Crippen MR) is 67.2 cm³/mol. The first-order valence-corrected chi connectivity index (χ1v) is 5.74. The molecule has 0 fully saturated rings. The number of aromatic carboxylic acids is 1. The van der Waals surface area contributed by atoms with Crippen LogP contribution in [0.3, 0.4) is 0 Å². The second kappa shape index (κ2) is 7.32. The van der Waals surface area contributed by atoms with Crippen LogP contribution in [0.25, 0.3) is 0 Å². The van der Waals surface area contributed by atoms with Crippen LogP contribution in [-0.2, 0) is 16.1 Å². The molecule has 0 aliphatic carbocycles. The van der Waals surface area contributed by atoms with Crippen LogP contribution >= 0.6 is 0 Å². The normalized spacial score (nSPS) is 10.2. The summed E-state index contributed by atoms with van der Waals surface area (Å²) >= 11 is 0. The van der Waals surface area contributed by atoms with Gasteiger partial charge in [-0.15, -0.1) is 0 Å². The van der Waals surface area contributed by atoms with Crippen LogP contribution in [0, 0.1) is 0 Å². The van der Waals surface area contributed by atoms with E-state index < -0.39 is 11.5 Å². The highest BCUT2D eigenvalue weighted by molar-refractivity contribution is 5.87. The lowest BCUT2D eigenvalue weighted by atomic mass is 10.3. The van der Waals surface area contributed by atoms with Crippen molar-refractivity contribution in [1.82, 2.24) is 9.88 Å². The molecule has 7 nitrogen and oxygen atoms in total. The molecule has 0 atom stereocenters. The van der Waals surface area contributed by atoms with E-state index in [0.717, 1.165) is 4.57 Å². The fraction of sp³-hybridized carbons (Fsp3) is 0.417. The zero-order valence-corrected chi connectivity index (χ0v) is 10.6. The predicted octanol–water partition coefficient (Wildman–Crippen LogP) is -0.301. The van der Waals surface area contributed by atoms with Gasteiger partial charge in [-0.2, -0.15) is 0 Å². The van der Waals surface area contributed by atoms with Crippen molar-refractivity contribution < 1.29 is 19.4 Å². The standard InChI is InChI=1S/C12H16N2O5/c1-19-7-3-5-13-10(15)8-14-6-2-4-9(11(14)16)12(17)18/h2,4,6H,3,5,7-8H2,1H3,(H,13,15)(H,17,18). The Bertz CT molecular complexity index is 509. The van der Waals surface area contributed by atoms with Crippen molar-refractivity contribution in [2.45, 2.75) is 13.0 Å². The van der Waals surface area contributed by atoms with Gasteiger partial charge in [0, 0.05) is 26.5 Å². The minimum atomic E-state index is -1.31. The van der Waals surface area contributed by atoms with Crippen LogP contribution < -0.4 is 10.9 Å². The highest BCUT2D eigenvalue weighted by atomic mass is 16.5. The van der Waals surface area contributed by atoms with Gasteiger partial charge in [0.25, 0.3) is 5.56 Å². The van der Waals surface area contributed by atoms with E-state index >= 15 is 0 Å². The molecule has 0 bridgehead atoms. The summed E-state index contributed by atoms with van der Waals surface area (Å²) in [7, 11) is 1.57. The Hall–Kier alpha value is -2.15. The number of ether oxygens (including phenoxy) is 1. The van der Waals surface area contributed by atoms with Crippen molar-refractivity contribution in [3.63, 3.8) is 0 Å². The summed E-state index contributed by atoms with van der Waals surface area (Å²) in [5.41, 5.74) is -1.04. The highest BCUT2D eigenvalue weighted by Crippen LogP contribution is 1.92. The number of nitrogens with one attached hydrogen (secondary N) is 1. The molecule has 19 heavy (non-hydrogen) atoms. The van der Waals surface area contributed by atoms with E-state index in [1.807, 2.05) is 0 Å². The number of amides is 1. The molecular formula is C12H16N2O5. The van der Waals surface area contributed by atoms with Gasteiger partial charge < -0.3 is 19.7 Å². The molecule has 0 saturated heterocycles. The first kappa shape index (κ1) is 14.9. The molecule has 0 aliphatic rings. The monoisotopic (exact) mass is 268 g/mol. The third kappa shape index (κ3) is 4.55. The van der Waals surface area contributed by atoms with Gasteiger partial charge >= 0.3 is 5.97 Å². The second-order valence-corrected chi connectivity index (χ2v) is 3.86. The SMILES string of the molecule is COCCCNC(=O)Cn1cccc(C(=O)O)c1=O. The molecule has 0 aromatic carbocycles. The lowest BCUT2D eigenvalue weighted by Gasteiger charge is -2.07. The van der Waals surface area contributed by atoms with Crippen molar-refractivity contribution >= 4 is 11.9 Å². The van der Waals surface area contributed by atoms with Crippen LogP contribution in [0.1, 0.15) is 16.8 Å². The maximum absolute atomic E-state index is 11.7. The third-order valence-electron chi connectivity index (χ3n) is 2.41. The molecule has 2 N–H and O–H groups in total. The molecule has 0 radical (unpaired) electrons. The first-order valence-electron chi connectivity index (χ1n) is 5.74. The van der Waals surface area contributed by atoms with E-state index in [1.54, 1.807) is 7.11 Å². The van der Waals surface area contributed by atoms with Gasteiger partial charge in [-0.25, -0.2) is 4.79 Å². The minimum Gasteiger partial charge on any atom is -0.477 e. The van der Waals surface area contributed by atoms with Crippen LogP contribution in [0.2, 0.25) is 0 Å². The first-order chi connectivity index (χ1) is 9.06. The Balaban J connectivity index is 2.62. The van der Waals surface area contributed by atoms with E-state index in [9.17, 15) is 14.4 Å². The third-order valence-corrected chi connectivity index (χ3v) is 2.41. The quantitative estimate of drug-likeness (QED) is 0.662. The Morgan fingerprint density at radius 3 is 2.84 bits per heavy atom. The van der Waals surface area contributed by atoms with Gasteiger partial charge in [-0.1, -0.05) is 0 Å². The zero-order chi connectivity index (χ0) is 14.3. The van der Waals surface area contributed by atoms with Crippen molar-refractivity contribution in [2.75, 3.05) is 20.3 Å². The van der Waals surface area contributed by atoms with Crippen molar-refractivity contribution in [2.24, 2.45) is 0 Å². The van der Waals surface area contributed by atoms with Crippen molar-refractivity contribution in [1.29, 1.82) is 0 Å². The number of pyridine rings is 1. The molecule has 0 unspecified atom stereocenters.